The third-order valence-electron chi connectivity index (χ3n) is 2.37. The van der Waals surface area contributed by atoms with Crippen molar-refractivity contribution < 1.29 is 33.3 Å². The lowest BCUT2D eigenvalue weighted by molar-refractivity contribution is -0.157. The molecule has 1 amide bonds. The summed E-state index contributed by atoms with van der Waals surface area (Å²) < 4.78 is 25.4. The first kappa shape index (κ1) is 19.7. The molecule has 0 aromatic rings. The third-order valence-corrected chi connectivity index (χ3v) is 3.56. The van der Waals surface area contributed by atoms with Crippen LogP contribution in [0.5, 0.6) is 0 Å². The number of thiocarbonyl (C=S) groups is 1. The molecular formula is C13H19NO7S2. The highest BCUT2D eigenvalue weighted by atomic mass is 32.2. The van der Waals surface area contributed by atoms with Crippen molar-refractivity contribution in [2.75, 3.05) is 45.5 Å². The Morgan fingerprint density at radius 1 is 1.30 bits per heavy atom. The zero-order valence-corrected chi connectivity index (χ0v) is 14.1. The van der Waals surface area contributed by atoms with Crippen molar-refractivity contribution in [2.24, 2.45) is 0 Å². The van der Waals surface area contributed by atoms with E-state index in [9.17, 15) is 9.59 Å². The predicted molar refractivity (Wildman–Crippen MR) is 87.2 cm³/mol. The van der Waals surface area contributed by atoms with Crippen LogP contribution in [-0.2, 0) is 28.5 Å². The molecule has 0 aromatic carbocycles. The molecule has 1 rings (SSSR count). The van der Waals surface area contributed by atoms with Crippen molar-refractivity contribution in [1.29, 1.82) is 0 Å². The van der Waals surface area contributed by atoms with Crippen molar-refractivity contribution >= 4 is 40.4 Å². The summed E-state index contributed by atoms with van der Waals surface area (Å²) in [6.45, 7) is 4.85. The van der Waals surface area contributed by atoms with E-state index in [1.165, 1.54) is 17.8 Å². The number of thioether (sulfide) groups is 1. The summed E-state index contributed by atoms with van der Waals surface area (Å²) in [5.74, 6) is 0.165. The van der Waals surface area contributed by atoms with Gasteiger partial charge in [-0.25, -0.2) is 4.79 Å². The largest absolute Gasteiger partial charge is 0.508 e. The molecule has 1 heterocycles. The van der Waals surface area contributed by atoms with Gasteiger partial charge in [0.2, 0.25) is 10.3 Å². The third kappa shape index (κ3) is 10.1. The average Bonchev–Trinajstić information content (AvgIpc) is 2.56. The Morgan fingerprint density at radius 2 is 2.04 bits per heavy atom. The maximum Gasteiger partial charge on any atom is 0.508 e. The molecule has 10 heteroatoms. The molecule has 23 heavy (non-hydrogen) atoms. The number of rotatable bonds is 8. The van der Waals surface area contributed by atoms with Gasteiger partial charge in [0.25, 0.3) is 0 Å². The fourth-order valence-electron chi connectivity index (χ4n) is 1.38. The number of carbonyl (C=O) groups excluding carboxylic acids is 2. The number of hydrogen-bond donors (Lipinski definition) is 1. The molecule has 0 radical (unpaired) electrons. The van der Waals surface area contributed by atoms with Gasteiger partial charge >= 0.3 is 6.16 Å². The summed E-state index contributed by atoms with van der Waals surface area (Å²) >= 11 is 6.20. The Kier molecular flexibility index (Phi) is 10.4. The van der Waals surface area contributed by atoms with Gasteiger partial charge in [-0.3, -0.25) is 4.79 Å². The molecule has 130 valence electrons. The lowest BCUT2D eigenvalue weighted by Crippen LogP contribution is -2.33. The molecule has 1 N–H and O–H groups in total. The number of amides is 1. The summed E-state index contributed by atoms with van der Waals surface area (Å²) in [6.07, 6.45) is -0.0440. The van der Waals surface area contributed by atoms with E-state index in [-0.39, 0.29) is 25.9 Å². The molecular weight excluding hydrogens is 346 g/mol. The normalized spacial score (nSPS) is 14.6. The van der Waals surface area contributed by atoms with Gasteiger partial charge in [-0.15, -0.1) is 0 Å². The van der Waals surface area contributed by atoms with Gasteiger partial charge in [0.05, 0.1) is 19.8 Å². The predicted octanol–water partition coefficient (Wildman–Crippen LogP) is 0.849. The summed E-state index contributed by atoms with van der Waals surface area (Å²) in [7, 11) is 0. The summed E-state index contributed by atoms with van der Waals surface area (Å²) in [6, 6.07) is 0. The Bertz CT molecular complexity index is 413. The van der Waals surface area contributed by atoms with Crippen LogP contribution in [-0.4, -0.2) is 68.1 Å². The molecule has 1 fully saturated rings. The molecule has 0 unspecified atom stereocenters. The molecule has 0 spiro atoms. The highest BCUT2D eigenvalue weighted by molar-refractivity contribution is 8.22. The topological polar surface area (TPSA) is 92.3 Å². The van der Waals surface area contributed by atoms with Gasteiger partial charge in [0, 0.05) is 5.75 Å². The molecule has 1 saturated heterocycles. The molecule has 0 bridgehead atoms. The lowest BCUT2D eigenvalue weighted by Gasteiger charge is -2.21. The second kappa shape index (κ2) is 12.1. The zero-order valence-electron chi connectivity index (χ0n) is 12.5. The maximum absolute atomic E-state index is 11.4. The highest BCUT2D eigenvalue weighted by Crippen LogP contribution is 2.07. The van der Waals surface area contributed by atoms with Crippen molar-refractivity contribution in [3.63, 3.8) is 0 Å². The van der Waals surface area contributed by atoms with E-state index >= 15 is 0 Å². The number of carbonyl (C=O) groups is 2. The minimum atomic E-state index is -0.774. The first-order valence-corrected chi connectivity index (χ1v) is 8.20. The van der Waals surface area contributed by atoms with Crippen LogP contribution in [0.1, 0.15) is 0 Å². The highest BCUT2D eigenvalue weighted by Gasteiger charge is 2.19. The van der Waals surface area contributed by atoms with Gasteiger partial charge in [0.15, 0.2) is 6.10 Å². The maximum atomic E-state index is 11.4. The summed E-state index contributed by atoms with van der Waals surface area (Å²) in [4.78, 5) is 22.3. The van der Waals surface area contributed by atoms with Crippen LogP contribution < -0.4 is 5.32 Å². The Balaban J connectivity index is 1.96. The van der Waals surface area contributed by atoms with Crippen LogP contribution >= 0.6 is 24.0 Å². The first-order valence-electron chi connectivity index (χ1n) is 6.80. The molecule has 0 atom stereocenters. The van der Waals surface area contributed by atoms with Crippen molar-refractivity contribution in [3.05, 3.63) is 12.7 Å². The van der Waals surface area contributed by atoms with Crippen LogP contribution in [0, 0.1) is 0 Å². The van der Waals surface area contributed by atoms with Crippen LogP contribution in [0.3, 0.4) is 0 Å². The van der Waals surface area contributed by atoms with E-state index in [0.29, 0.717) is 29.9 Å². The molecule has 1 aliphatic heterocycles. The van der Waals surface area contributed by atoms with Crippen LogP contribution in [0.25, 0.3) is 0 Å². The molecule has 1 aliphatic rings. The van der Waals surface area contributed by atoms with Gasteiger partial charge in [0.1, 0.15) is 20.0 Å². The Labute approximate surface area is 143 Å². The SMILES string of the molecule is C=CC(=O)NCCOC(=S)SCCOC(=O)OC1COCOC1. The van der Waals surface area contributed by atoms with E-state index < -0.39 is 12.3 Å². The number of nitrogens with one attached hydrogen (secondary N) is 1. The average molecular weight is 365 g/mol. The first-order chi connectivity index (χ1) is 11.1. The van der Waals surface area contributed by atoms with Crippen molar-refractivity contribution in [2.45, 2.75) is 6.10 Å². The lowest BCUT2D eigenvalue weighted by atomic mass is 10.4. The standard InChI is InChI=1S/C13H19NO7S2/c1-2-11(15)14-3-4-20-13(22)23-6-5-19-12(16)21-10-7-17-9-18-8-10/h2,10H,1,3-9H2,(H,14,15). The van der Waals surface area contributed by atoms with Gasteiger partial charge in [-0.2, -0.15) is 0 Å². The van der Waals surface area contributed by atoms with Gasteiger partial charge < -0.3 is 29.0 Å². The van der Waals surface area contributed by atoms with Crippen LogP contribution in [0.15, 0.2) is 12.7 Å². The summed E-state index contributed by atoms with van der Waals surface area (Å²) in [5, 5.41) is 2.55. The number of ether oxygens (including phenoxy) is 5. The Hall–Kier alpha value is -1.36. The van der Waals surface area contributed by atoms with Crippen LogP contribution in [0.4, 0.5) is 4.79 Å². The minimum Gasteiger partial charge on any atom is -0.477 e. The smallest absolute Gasteiger partial charge is 0.477 e. The molecule has 0 aromatic heterocycles. The van der Waals surface area contributed by atoms with Gasteiger partial charge in [-0.1, -0.05) is 18.3 Å². The molecule has 0 saturated carbocycles. The van der Waals surface area contributed by atoms with Gasteiger partial charge in [-0.05, 0) is 18.3 Å². The molecule has 8 nitrogen and oxygen atoms in total. The fraction of sp³-hybridized carbons (Fsp3) is 0.615. The van der Waals surface area contributed by atoms with E-state index in [4.69, 9.17) is 35.9 Å². The van der Waals surface area contributed by atoms with E-state index in [0.717, 1.165) is 0 Å². The second-order valence-electron chi connectivity index (χ2n) is 4.14. The van der Waals surface area contributed by atoms with E-state index in [1.54, 1.807) is 0 Å². The van der Waals surface area contributed by atoms with Crippen molar-refractivity contribution in [3.8, 4) is 0 Å². The minimum absolute atomic E-state index is 0.134. The fourth-order valence-corrected chi connectivity index (χ4v) is 2.21. The second-order valence-corrected chi connectivity index (χ2v) is 5.84. The summed E-state index contributed by atoms with van der Waals surface area (Å²) in [5.41, 5.74) is 0. The quantitative estimate of drug-likeness (QED) is 0.291. The van der Waals surface area contributed by atoms with E-state index in [1.807, 2.05) is 0 Å². The monoisotopic (exact) mass is 365 g/mol. The Morgan fingerprint density at radius 3 is 2.74 bits per heavy atom. The number of hydrogen-bond acceptors (Lipinski definition) is 9. The molecule has 0 aliphatic carbocycles. The van der Waals surface area contributed by atoms with Crippen molar-refractivity contribution in [1.82, 2.24) is 5.32 Å². The van der Waals surface area contributed by atoms with E-state index in [2.05, 4.69) is 11.9 Å². The van der Waals surface area contributed by atoms with Crippen LogP contribution in [0.2, 0.25) is 0 Å². The zero-order chi connectivity index (χ0) is 16.9.